The summed E-state index contributed by atoms with van der Waals surface area (Å²) >= 11 is 0. The van der Waals surface area contributed by atoms with Crippen molar-refractivity contribution >= 4 is 17.2 Å². The smallest absolute Gasteiger partial charge is 0.270 e. The number of carbonyl (C=O) groups excluding carboxylic acids is 1. The molecular formula is C25H24F2N6O2. The van der Waals surface area contributed by atoms with E-state index in [-0.39, 0.29) is 42.1 Å². The Labute approximate surface area is 199 Å². The molecule has 2 aliphatic rings. The zero-order valence-corrected chi connectivity index (χ0v) is 18.9. The summed E-state index contributed by atoms with van der Waals surface area (Å²) in [5.41, 5.74) is 2.49. The van der Waals surface area contributed by atoms with Gasteiger partial charge in [-0.2, -0.15) is 0 Å². The fraction of sp³-hybridized carbons (Fsp3) is 0.360. The lowest BCUT2D eigenvalue weighted by molar-refractivity contribution is -0.198. The number of hydrogen-bond acceptors (Lipinski definition) is 5. The number of imidazole rings is 1. The van der Waals surface area contributed by atoms with Crippen LogP contribution in [0.5, 0.6) is 0 Å². The molecule has 2 fully saturated rings. The summed E-state index contributed by atoms with van der Waals surface area (Å²) in [6.45, 7) is 0.846. The molecule has 35 heavy (non-hydrogen) atoms. The predicted molar refractivity (Wildman–Crippen MR) is 124 cm³/mol. The van der Waals surface area contributed by atoms with E-state index in [2.05, 4.69) is 20.6 Å². The summed E-state index contributed by atoms with van der Waals surface area (Å²) in [4.78, 5) is 33.6. The van der Waals surface area contributed by atoms with Crippen LogP contribution in [0.15, 0.2) is 59.8 Å². The Hall–Kier alpha value is -3.66. The molecule has 1 amide bonds. The average molecular weight is 479 g/mol. The van der Waals surface area contributed by atoms with Gasteiger partial charge >= 0.3 is 0 Å². The number of hydrogen-bond donors (Lipinski definition) is 2. The normalized spacial score (nSPS) is 18.5. The highest BCUT2D eigenvalue weighted by atomic mass is 19.3. The van der Waals surface area contributed by atoms with Gasteiger partial charge < -0.3 is 15.0 Å². The van der Waals surface area contributed by atoms with Crippen molar-refractivity contribution < 1.29 is 13.6 Å². The number of aromatic nitrogens is 4. The Morgan fingerprint density at radius 1 is 1.06 bits per heavy atom. The molecule has 0 atom stereocenters. The van der Waals surface area contributed by atoms with E-state index in [4.69, 9.17) is 0 Å². The number of halogens is 2. The molecule has 6 rings (SSSR count). The maximum absolute atomic E-state index is 13.2. The molecular weight excluding hydrogens is 454 g/mol. The number of nitrogens with zero attached hydrogens (tertiary/aromatic N) is 4. The van der Waals surface area contributed by atoms with E-state index in [1.165, 1.54) is 10.5 Å². The van der Waals surface area contributed by atoms with Gasteiger partial charge in [0.05, 0.1) is 12.2 Å². The van der Waals surface area contributed by atoms with E-state index in [9.17, 15) is 18.4 Å². The van der Waals surface area contributed by atoms with Crippen molar-refractivity contribution in [3.05, 3.63) is 82.3 Å². The summed E-state index contributed by atoms with van der Waals surface area (Å²) in [5.74, 6) is -2.91. The first-order valence-corrected chi connectivity index (χ1v) is 11.6. The van der Waals surface area contributed by atoms with E-state index < -0.39 is 11.8 Å². The van der Waals surface area contributed by atoms with E-state index >= 15 is 0 Å². The lowest BCUT2D eigenvalue weighted by Crippen LogP contribution is -2.58. The van der Waals surface area contributed by atoms with Crippen molar-refractivity contribution in [1.82, 2.24) is 29.4 Å². The molecule has 0 aromatic carbocycles. The molecule has 4 heterocycles. The van der Waals surface area contributed by atoms with Gasteiger partial charge in [0.2, 0.25) is 5.92 Å². The van der Waals surface area contributed by atoms with Crippen LogP contribution < -0.4 is 16.2 Å². The average Bonchev–Trinajstić information content (AvgIpc) is 3.20. The summed E-state index contributed by atoms with van der Waals surface area (Å²) in [7, 11) is 0. The number of nitrogens with one attached hydrogen (secondary N) is 2. The quantitative estimate of drug-likeness (QED) is 0.445. The molecule has 180 valence electrons. The highest BCUT2D eigenvalue weighted by molar-refractivity contribution is 5.92. The van der Waals surface area contributed by atoms with E-state index in [0.29, 0.717) is 17.9 Å². The van der Waals surface area contributed by atoms with E-state index in [1.54, 1.807) is 24.4 Å². The fourth-order valence-corrected chi connectivity index (χ4v) is 5.44. The monoisotopic (exact) mass is 478 g/mol. The number of rotatable bonds is 6. The summed E-state index contributed by atoms with van der Waals surface area (Å²) in [6.07, 6.45) is 7.12. The number of fused-ring (bicyclic) bond motifs is 2. The Morgan fingerprint density at radius 3 is 2.69 bits per heavy atom. The number of carbonyl (C=O) groups is 1. The van der Waals surface area contributed by atoms with Gasteiger partial charge in [-0.25, -0.2) is 18.7 Å². The van der Waals surface area contributed by atoms with Crippen LogP contribution in [0.1, 0.15) is 47.4 Å². The SMILES string of the molecule is O=C(NCc1cn2cc(CNC3CC4(C3)CC(F)(F)C4)ccc2n1)c1cc(=O)n2ccccc2n1. The second kappa shape index (κ2) is 7.94. The molecule has 10 heteroatoms. The molecule has 1 spiro atoms. The minimum absolute atomic E-state index is 0.0342. The van der Waals surface area contributed by atoms with Gasteiger partial charge in [0.25, 0.3) is 11.5 Å². The first kappa shape index (κ1) is 21.8. The van der Waals surface area contributed by atoms with Crippen molar-refractivity contribution in [3.8, 4) is 0 Å². The molecule has 2 aliphatic carbocycles. The van der Waals surface area contributed by atoms with Gasteiger partial charge in [-0.15, -0.1) is 0 Å². The van der Waals surface area contributed by atoms with Gasteiger partial charge in [0, 0.05) is 50.1 Å². The molecule has 0 saturated heterocycles. The molecule has 2 N–H and O–H groups in total. The van der Waals surface area contributed by atoms with Crippen LogP contribution in [0.4, 0.5) is 8.78 Å². The third kappa shape index (κ3) is 4.18. The third-order valence-corrected chi connectivity index (χ3v) is 7.02. The Bertz CT molecular complexity index is 1490. The second-order valence-corrected chi connectivity index (χ2v) is 9.82. The van der Waals surface area contributed by atoms with Crippen molar-refractivity contribution in [1.29, 1.82) is 0 Å². The molecule has 2 saturated carbocycles. The van der Waals surface area contributed by atoms with Crippen LogP contribution in [0.25, 0.3) is 11.3 Å². The van der Waals surface area contributed by atoms with Gasteiger partial charge in [-0.1, -0.05) is 12.1 Å². The van der Waals surface area contributed by atoms with Gasteiger partial charge in [0.1, 0.15) is 17.0 Å². The minimum atomic E-state index is -2.46. The molecule has 0 aliphatic heterocycles. The lowest BCUT2D eigenvalue weighted by atomic mass is 9.52. The maximum atomic E-state index is 13.2. The highest BCUT2D eigenvalue weighted by Crippen LogP contribution is 2.62. The van der Waals surface area contributed by atoms with E-state index in [0.717, 1.165) is 24.1 Å². The molecule has 4 aromatic rings. The Balaban J connectivity index is 1.06. The number of alkyl halides is 2. The Morgan fingerprint density at radius 2 is 1.89 bits per heavy atom. The van der Waals surface area contributed by atoms with Crippen LogP contribution in [-0.4, -0.2) is 36.6 Å². The van der Waals surface area contributed by atoms with Crippen molar-refractivity contribution in [2.45, 2.75) is 50.7 Å². The largest absolute Gasteiger partial charge is 0.345 e. The van der Waals surface area contributed by atoms with Crippen LogP contribution >= 0.6 is 0 Å². The van der Waals surface area contributed by atoms with Gasteiger partial charge in [-0.3, -0.25) is 14.0 Å². The minimum Gasteiger partial charge on any atom is -0.345 e. The first-order chi connectivity index (χ1) is 16.8. The summed E-state index contributed by atoms with van der Waals surface area (Å²) < 4.78 is 29.6. The van der Waals surface area contributed by atoms with E-state index in [1.807, 2.05) is 28.9 Å². The Kier molecular flexibility index (Phi) is 4.96. The second-order valence-electron chi connectivity index (χ2n) is 9.82. The summed E-state index contributed by atoms with van der Waals surface area (Å²) in [5, 5.41) is 6.23. The van der Waals surface area contributed by atoms with Gasteiger partial charge in [-0.05, 0) is 42.0 Å². The van der Waals surface area contributed by atoms with Crippen LogP contribution in [0, 0.1) is 5.41 Å². The highest BCUT2D eigenvalue weighted by Gasteiger charge is 2.61. The maximum Gasteiger partial charge on any atom is 0.270 e. The summed E-state index contributed by atoms with van der Waals surface area (Å²) in [6, 6.07) is 10.5. The molecule has 4 aromatic heterocycles. The predicted octanol–water partition coefficient (Wildman–Crippen LogP) is 2.94. The molecule has 0 bridgehead atoms. The zero-order chi connectivity index (χ0) is 24.2. The molecule has 0 unspecified atom stereocenters. The van der Waals surface area contributed by atoms with Crippen molar-refractivity contribution in [2.24, 2.45) is 5.41 Å². The number of pyridine rings is 2. The van der Waals surface area contributed by atoms with Crippen LogP contribution in [0.3, 0.4) is 0 Å². The molecule has 0 radical (unpaired) electrons. The van der Waals surface area contributed by atoms with Gasteiger partial charge in [0.15, 0.2) is 0 Å². The van der Waals surface area contributed by atoms with Crippen LogP contribution in [-0.2, 0) is 13.1 Å². The topological polar surface area (TPSA) is 92.8 Å². The van der Waals surface area contributed by atoms with Crippen molar-refractivity contribution in [2.75, 3.05) is 0 Å². The van der Waals surface area contributed by atoms with Crippen molar-refractivity contribution in [3.63, 3.8) is 0 Å². The fourth-order valence-electron chi connectivity index (χ4n) is 5.44. The first-order valence-electron chi connectivity index (χ1n) is 11.6. The van der Waals surface area contributed by atoms with Crippen LogP contribution in [0.2, 0.25) is 0 Å². The lowest BCUT2D eigenvalue weighted by Gasteiger charge is -2.57. The number of amides is 1. The zero-order valence-electron chi connectivity index (χ0n) is 18.9. The molecule has 8 nitrogen and oxygen atoms in total. The third-order valence-electron chi connectivity index (χ3n) is 7.02. The standard InChI is InChI=1S/C25H24F2N6O2/c26-25(27)14-24(15-25)8-17(9-24)28-10-16-4-5-20-30-18(13-32(20)12-16)11-29-23(35)19-7-22(34)33-6-2-1-3-21(33)31-19/h1-7,12-13,17,28H,8-11,14-15H2,(H,29,35).